The molecule has 0 aliphatic carbocycles. The first-order chi connectivity index (χ1) is 18.8. The summed E-state index contributed by atoms with van der Waals surface area (Å²) in [4.78, 5) is 0. The molecule has 0 fully saturated rings. The monoisotopic (exact) mass is 504 g/mol. The lowest BCUT2D eigenvalue weighted by Gasteiger charge is -2.13. The number of hydrogen-bond donors (Lipinski definition) is 2. The Labute approximate surface area is 227 Å². The molecule has 0 saturated heterocycles. The predicted molar refractivity (Wildman–Crippen MR) is 158 cm³/mol. The van der Waals surface area contributed by atoms with Gasteiger partial charge in [-0.25, -0.2) is 0 Å². The van der Waals surface area contributed by atoms with E-state index in [1.807, 2.05) is 48.5 Å². The van der Waals surface area contributed by atoms with Crippen LogP contribution in [0.5, 0.6) is 11.5 Å². The zero-order chi connectivity index (χ0) is 26.4. The third kappa shape index (κ3) is 8.25. The molecule has 0 unspecified atom stereocenters. The minimum absolute atomic E-state index is 0.484. The number of nitrogens with two attached hydrogens (primary N) is 2. The molecule has 4 aromatic rings. The predicted octanol–water partition coefficient (Wildman–Crippen LogP) is 1.43. The van der Waals surface area contributed by atoms with Crippen molar-refractivity contribution in [3.8, 4) is 11.5 Å². The first-order valence-electron chi connectivity index (χ1n) is 13.0. The molecule has 0 atom stereocenters. The van der Waals surface area contributed by atoms with Crippen LogP contribution in [0.25, 0.3) is 0 Å². The zero-order valence-corrected chi connectivity index (χ0v) is 21.7. The van der Waals surface area contributed by atoms with Crippen LogP contribution in [0.4, 0.5) is 0 Å². The van der Waals surface area contributed by atoms with Crippen molar-refractivity contribution in [3.05, 3.63) is 108 Å². The van der Waals surface area contributed by atoms with Gasteiger partial charge < -0.3 is 25.7 Å². The fourth-order valence-electron chi connectivity index (χ4n) is 4.11. The van der Waals surface area contributed by atoms with Crippen LogP contribution in [0.2, 0.25) is 0 Å². The SMILES string of the molecule is NCCOc1ccccc1[B]c1ccc(CCOCc2ccccc2[B]c2ccccc2OCCN)cc1. The third-order valence-electron chi connectivity index (χ3n) is 6.05. The maximum absolute atomic E-state index is 6.07. The van der Waals surface area contributed by atoms with Gasteiger partial charge >= 0.3 is 0 Å². The molecule has 0 spiro atoms. The van der Waals surface area contributed by atoms with Crippen LogP contribution >= 0.6 is 0 Å². The van der Waals surface area contributed by atoms with Gasteiger partial charge in [-0.05, 0) is 40.6 Å². The van der Waals surface area contributed by atoms with Crippen molar-refractivity contribution in [3.63, 3.8) is 0 Å². The van der Waals surface area contributed by atoms with Gasteiger partial charge in [0.1, 0.15) is 24.7 Å². The molecule has 0 saturated carbocycles. The lowest BCUT2D eigenvalue weighted by Crippen LogP contribution is -2.31. The van der Waals surface area contributed by atoms with E-state index in [0.717, 1.165) is 45.3 Å². The molecule has 0 aromatic heterocycles. The first kappa shape index (κ1) is 27.5. The zero-order valence-electron chi connectivity index (χ0n) is 21.7. The summed E-state index contributed by atoms with van der Waals surface area (Å²) < 4.78 is 17.6. The van der Waals surface area contributed by atoms with Crippen molar-refractivity contribution in [2.24, 2.45) is 11.5 Å². The van der Waals surface area contributed by atoms with E-state index < -0.39 is 0 Å². The van der Waals surface area contributed by atoms with Crippen LogP contribution in [-0.4, -0.2) is 47.5 Å². The van der Waals surface area contributed by atoms with Crippen molar-refractivity contribution in [2.75, 3.05) is 32.9 Å². The summed E-state index contributed by atoms with van der Waals surface area (Å²) in [5.74, 6) is 1.68. The molecule has 0 amide bonds. The maximum Gasteiger partial charge on any atom is 0.196 e. The van der Waals surface area contributed by atoms with Gasteiger partial charge in [-0.3, -0.25) is 0 Å². The van der Waals surface area contributed by atoms with Gasteiger partial charge in [0, 0.05) is 13.1 Å². The van der Waals surface area contributed by atoms with Crippen molar-refractivity contribution < 1.29 is 14.2 Å². The molecular formula is C31H34B2N2O3. The Morgan fingerprint density at radius 1 is 0.553 bits per heavy atom. The van der Waals surface area contributed by atoms with E-state index in [9.17, 15) is 0 Å². The fraction of sp³-hybridized carbons (Fsp3) is 0.226. The minimum atomic E-state index is 0.484. The van der Waals surface area contributed by atoms with Crippen LogP contribution in [0, 0.1) is 0 Å². The van der Waals surface area contributed by atoms with E-state index in [-0.39, 0.29) is 0 Å². The molecule has 192 valence electrons. The average Bonchev–Trinajstić information content (AvgIpc) is 2.96. The van der Waals surface area contributed by atoms with Gasteiger partial charge in [-0.2, -0.15) is 0 Å². The van der Waals surface area contributed by atoms with Gasteiger partial charge in [0.25, 0.3) is 0 Å². The normalized spacial score (nSPS) is 10.7. The molecule has 0 bridgehead atoms. The lowest BCUT2D eigenvalue weighted by molar-refractivity contribution is 0.124. The van der Waals surface area contributed by atoms with Crippen LogP contribution < -0.4 is 42.8 Å². The summed E-state index contributed by atoms with van der Waals surface area (Å²) in [6.07, 6.45) is 0.845. The Hall–Kier alpha value is -3.51. The molecule has 0 aliphatic heterocycles. The number of rotatable bonds is 15. The number of para-hydroxylation sites is 2. The van der Waals surface area contributed by atoms with Gasteiger partial charge in [-0.15, -0.1) is 0 Å². The second-order valence-electron chi connectivity index (χ2n) is 8.88. The molecule has 4 N–H and O–H groups in total. The van der Waals surface area contributed by atoms with Gasteiger partial charge in [0.05, 0.1) is 13.2 Å². The van der Waals surface area contributed by atoms with Crippen LogP contribution in [0.15, 0.2) is 97.1 Å². The highest BCUT2D eigenvalue weighted by Gasteiger charge is 2.10. The summed E-state index contributed by atoms with van der Waals surface area (Å²) in [5, 5.41) is 0. The third-order valence-corrected chi connectivity index (χ3v) is 6.05. The Morgan fingerprint density at radius 2 is 1.11 bits per heavy atom. The molecule has 4 aromatic carbocycles. The van der Waals surface area contributed by atoms with E-state index in [2.05, 4.69) is 63.1 Å². The van der Waals surface area contributed by atoms with Gasteiger partial charge in [0.2, 0.25) is 0 Å². The molecule has 38 heavy (non-hydrogen) atoms. The second-order valence-corrected chi connectivity index (χ2v) is 8.88. The topological polar surface area (TPSA) is 79.7 Å². The van der Waals surface area contributed by atoms with E-state index in [1.165, 1.54) is 5.56 Å². The van der Waals surface area contributed by atoms with E-state index >= 15 is 0 Å². The van der Waals surface area contributed by atoms with Crippen LogP contribution in [0.3, 0.4) is 0 Å². The Bertz CT molecular complexity index is 1270. The number of ether oxygens (including phenoxy) is 3. The number of hydrogen-bond acceptors (Lipinski definition) is 5. The quantitative estimate of drug-likeness (QED) is 0.189. The molecule has 7 heteroatoms. The Balaban J connectivity index is 1.28. The summed E-state index contributed by atoms with van der Waals surface area (Å²) in [6.45, 7) is 3.16. The average molecular weight is 504 g/mol. The summed E-state index contributed by atoms with van der Waals surface area (Å²) in [5.41, 5.74) is 17.9. The summed E-state index contributed by atoms with van der Waals surface area (Å²) >= 11 is 0. The van der Waals surface area contributed by atoms with Crippen molar-refractivity contribution in [1.29, 1.82) is 0 Å². The van der Waals surface area contributed by atoms with Crippen LogP contribution in [-0.2, 0) is 17.8 Å². The Kier molecular flexibility index (Phi) is 10.9. The largest absolute Gasteiger partial charge is 0.493 e. The lowest BCUT2D eigenvalue weighted by atomic mass is 9.62. The molecule has 2 radical (unpaired) electrons. The highest BCUT2D eigenvalue weighted by atomic mass is 16.5. The Morgan fingerprint density at radius 3 is 1.74 bits per heavy atom. The highest BCUT2D eigenvalue weighted by molar-refractivity contribution is 6.68. The molecule has 5 nitrogen and oxygen atoms in total. The second kappa shape index (κ2) is 15.0. The molecular weight excluding hydrogens is 470 g/mol. The van der Waals surface area contributed by atoms with Crippen LogP contribution in [0.1, 0.15) is 11.1 Å². The highest BCUT2D eigenvalue weighted by Crippen LogP contribution is 2.08. The van der Waals surface area contributed by atoms with Crippen molar-refractivity contribution >= 4 is 36.4 Å². The summed E-state index contributed by atoms with van der Waals surface area (Å²) in [6, 6.07) is 32.9. The smallest absolute Gasteiger partial charge is 0.196 e. The molecule has 4 rings (SSSR count). The van der Waals surface area contributed by atoms with E-state index in [4.69, 9.17) is 25.7 Å². The first-order valence-corrected chi connectivity index (χ1v) is 13.0. The standard InChI is InChI=1S/C31H34B2N2O3/c34-18-21-37-30-11-5-3-9-28(30)32-26-15-13-24(14-16-26)17-20-36-23-25-7-1-2-8-27(25)33-29-10-4-6-12-31(29)38-22-19-35/h1-16H,17-23,34-35H2. The fourth-order valence-corrected chi connectivity index (χ4v) is 4.11. The summed E-state index contributed by atoms with van der Waals surface area (Å²) in [7, 11) is 4.26. The van der Waals surface area contributed by atoms with E-state index in [0.29, 0.717) is 39.5 Å². The van der Waals surface area contributed by atoms with Gasteiger partial charge in [-0.1, -0.05) is 95.9 Å². The molecule has 0 heterocycles. The van der Waals surface area contributed by atoms with Crippen molar-refractivity contribution in [2.45, 2.75) is 13.0 Å². The maximum atomic E-state index is 6.07. The minimum Gasteiger partial charge on any atom is -0.493 e. The van der Waals surface area contributed by atoms with E-state index in [1.54, 1.807) is 0 Å². The molecule has 0 aliphatic rings. The van der Waals surface area contributed by atoms with Crippen molar-refractivity contribution in [1.82, 2.24) is 0 Å². The number of benzene rings is 4. The van der Waals surface area contributed by atoms with Gasteiger partial charge in [0.15, 0.2) is 14.6 Å².